The molecule has 2 N–H and O–H groups in total. The quantitative estimate of drug-likeness (QED) is 0.698. The second-order valence-electron chi connectivity index (χ2n) is 2.89. The lowest BCUT2D eigenvalue weighted by Crippen LogP contribution is -1.95. The normalized spacial score (nSPS) is 10.9. The van der Waals surface area contributed by atoms with Crippen LogP contribution in [0.15, 0.2) is 4.42 Å². The van der Waals surface area contributed by atoms with Gasteiger partial charge in [-0.1, -0.05) is 13.8 Å². The molecule has 1 aromatic heterocycles. The average Bonchev–Trinajstić information content (AvgIpc) is 2.34. The molecule has 1 aromatic rings. The van der Waals surface area contributed by atoms with Gasteiger partial charge < -0.3 is 10.2 Å². The van der Waals surface area contributed by atoms with Gasteiger partial charge in [-0.05, 0) is 5.92 Å². The van der Waals surface area contributed by atoms with E-state index in [4.69, 9.17) is 10.2 Å². The molecule has 0 spiro atoms. The van der Waals surface area contributed by atoms with Crippen molar-refractivity contribution in [2.75, 3.05) is 0 Å². The molecule has 62 valence electrons. The SMILES string of the molecule is CC(C)Cc1nnc(CN)o1. The van der Waals surface area contributed by atoms with Crippen molar-refractivity contribution in [2.45, 2.75) is 26.8 Å². The zero-order chi connectivity index (χ0) is 8.27. The van der Waals surface area contributed by atoms with Gasteiger partial charge in [-0.3, -0.25) is 0 Å². The largest absolute Gasteiger partial charge is 0.424 e. The van der Waals surface area contributed by atoms with Crippen molar-refractivity contribution >= 4 is 0 Å². The molecule has 1 rings (SSSR count). The number of aromatic nitrogens is 2. The van der Waals surface area contributed by atoms with E-state index in [2.05, 4.69) is 24.0 Å². The monoisotopic (exact) mass is 155 g/mol. The summed E-state index contributed by atoms with van der Waals surface area (Å²) in [6.45, 7) is 4.53. The first-order valence-electron chi connectivity index (χ1n) is 3.73. The van der Waals surface area contributed by atoms with Crippen LogP contribution in [0.4, 0.5) is 0 Å². The van der Waals surface area contributed by atoms with E-state index in [9.17, 15) is 0 Å². The van der Waals surface area contributed by atoms with Crippen LogP contribution in [-0.4, -0.2) is 10.2 Å². The third-order valence-corrected chi connectivity index (χ3v) is 1.27. The van der Waals surface area contributed by atoms with E-state index in [0.29, 0.717) is 24.2 Å². The minimum atomic E-state index is 0.324. The molecule has 0 aliphatic rings. The second kappa shape index (κ2) is 3.48. The molecular weight excluding hydrogens is 142 g/mol. The molecule has 0 saturated heterocycles. The van der Waals surface area contributed by atoms with Gasteiger partial charge >= 0.3 is 0 Å². The van der Waals surface area contributed by atoms with Crippen molar-refractivity contribution < 1.29 is 4.42 Å². The van der Waals surface area contributed by atoms with E-state index in [1.165, 1.54) is 0 Å². The predicted molar refractivity (Wildman–Crippen MR) is 40.7 cm³/mol. The summed E-state index contributed by atoms with van der Waals surface area (Å²) in [4.78, 5) is 0. The van der Waals surface area contributed by atoms with Crippen LogP contribution >= 0.6 is 0 Å². The van der Waals surface area contributed by atoms with E-state index >= 15 is 0 Å². The Morgan fingerprint density at radius 2 is 2.00 bits per heavy atom. The highest BCUT2D eigenvalue weighted by Gasteiger charge is 2.05. The van der Waals surface area contributed by atoms with E-state index in [-0.39, 0.29) is 0 Å². The van der Waals surface area contributed by atoms with Crippen LogP contribution in [-0.2, 0) is 13.0 Å². The molecule has 0 aliphatic heterocycles. The van der Waals surface area contributed by atoms with Crippen molar-refractivity contribution in [2.24, 2.45) is 11.7 Å². The van der Waals surface area contributed by atoms with Crippen molar-refractivity contribution in [3.63, 3.8) is 0 Å². The second-order valence-corrected chi connectivity index (χ2v) is 2.89. The summed E-state index contributed by atoms with van der Waals surface area (Å²) in [6, 6.07) is 0. The summed E-state index contributed by atoms with van der Waals surface area (Å²) in [5.74, 6) is 1.74. The first-order valence-corrected chi connectivity index (χ1v) is 3.73. The van der Waals surface area contributed by atoms with Crippen molar-refractivity contribution in [1.82, 2.24) is 10.2 Å². The van der Waals surface area contributed by atoms with Gasteiger partial charge in [0.25, 0.3) is 0 Å². The maximum Gasteiger partial charge on any atom is 0.230 e. The lowest BCUT2D eigenvalue weighted by Gasteiger charge is -1.96. The molecule has 0 amide bonds. The van der Waals surface area contributed by atoms with E-state index in [1.807, 2.05) is 0 Å². The fourth-order valence-corrected chi connectivity index (χ4v) is 0.803. The molecule has 11 heavy (non-hydrogen) atoms. The van der Waals surface area contributed by atoms with Gasteiger partial charge in [-0.2, -0.15) is 0 Å². The molecule has 0 saturated carbocycles. The number of nitrogens with zero attached hydrogens (tertiary/aromatic N) is 2. The van der Waals surface area contributed by atoms with Gasteiger partial charge in [-0.15, -0.1) is 10.2 Å². The number of nitrogens with two attached hydrogens (primary N) is 1. The predicted octanol–water partition coefficient (Wildman–Crippen LogP) is 0.727. The average molecular weight is 155 g/mol. The highest BCUT2D eigenvalue weighted by molar-refractivity contribution is 4.81. The van der Waals surface area contributed by atoms with Crippen LogP contribution < -0.4 is 5.73 Å². The van der Waals surface area contributed by atoms with Gasteiger partial charge in [0.2, 0.25) is 11.8 Å². The Bertz CT molecular complexity index is 219. The molecule has 1 heterocycles. The Kier molecular flexibility index (Phi) is 2.59. The van der Waals surface area contributed by atoms with Gasteiger partial charge in [-0.25, -0.2) is 0 Å². The lowest BCUT2D eigenvalue weighted by atomic mass is 10.1. The van der Waals surface area contributed by atoms with Crippen LogP contribution in [0, 0.1) is 5.92 Å². The van der Waals surface area contributed by atoms with Gasteiger partial charge in [0.05, 0.1) is 6.54 Å². The van der Waals surface area contributed by atoms with Gasteiger partial charge in [0, 0.05) is 6.42 Å². The Balaban J connectivity index is 2.58. The Morgan fingerprint density at radius 3 is 2.45 bits per heavy atom. The fraction of sp³-hybridized carbons (Fsp3) is 0.714. The fourth-order valence-electron chi connectivity index (χ4n) is 0.803. The van der Waals surface area contributed by atoms with Crippen LogP contribution in [0.3, 0.4) is 0 Å². The van der Waals surface area contributed by atoms with Crippen molar-refractivity contribution in [3.05, 3.63) is 11.8 Å². The molecular formula is C7H13N3O. The van der Waals surface area contributed by atoms with Crippen LogP contribution in [0.2, 0.25) is 0 Å². The van der Waals surface area contributed by atoms with Crippen molar-refractivity contribution in [1.29, 1.82) is 0 Å². The maximum atomic E-state index is 5.30. The van der Waals surface area contributed by atoms with E-state index < -0.39 is 0 Å². The summed E-state index contributed by atoms with van der Waals surface area (Å²) >= 11 is 0. The standard InChI is InChI=1S/C7H13N3O/c1-5(2)3-6-9-10-7(4-8)11-6/h5H,3-4,8H2,1-2H3. The molecule has 0 atom stereocenters. The topological polar surface area (TPSA) is 64.9 Å². The first-order chi connectivity index (χ1) is 5.22. The zero-order valence-electron chi connectivity index (χ0n) is 6.87. The zero-order valence-corrected chi connectivity index (χ0v) is 6.87. The maximum absolute atomic E-state index is 5.30. The van der Waals surface area contributed by atoms with Crippen LogP contribution in [0.5, 0.6) is 0 Å². The van der Waals surface area contributed by atoms with E-state index in [1.54, 1.807) is 0 Å². The van der Waals surface area contributed by atoms with Gasteiger partial charge in [0.15, 0.2) is 0 Å². The summed E-state index contributed by atoms with van der Waals surface area (Å²) in [7, 11) is 0. The molecule has 0 aliphatic carbocycles. The van der Waals surface area contributed by atoms with E-state index in [0.717, 1.165) is 6.42 Å². The summed E-state index contributed by atoms with van der Waals surface area (Å²) in [6.07, 6.45) is 0.826. The van der Waals surface area contributed by atoms with Crippen LogP contribution in [0.25, 0.3) is 0 Å². The molecule has 4 nitrogen and oxygen atoms in total. The minimum Gasteiger partial charge on any atom is -0.424 e. The summed E-state index contributed by atoms with van der Waals surface area (Å²) in [5.41, 5.74) is 5.30. The highest BCUT2D eigenvalue weighted by Crippen LogP contribution is 2.05. The Hall–Kier alpha value is -0.900. The van der Waals surface area contributed by atoms with Gasteiger partial charge in [0.1, 0.15) is 0 Å². The molecule has 4 heteroatoms. The first kappa shape index (κ1) is 8.20. The van der Waals surface area contributed by atoms with Crippen LogP contribution in [0.1, 0.15) is 25.6 Å². The smallest absolute Gasteiger partial charge is 0.230 e. The van der Waals surface area contributed by atoms with Crippen molar-refractivity contribution in [3.8, 4) is 0 Å². The molecule has 0 unspecified atom stereocenters. The molecule has 0 radical (unpaired) electrons. The Morgan fingerprint density at radius 1 is 1.36 bits per heavy atom. The lowest BCUT2D eigenvalue weighted by molar-refractivity contribution is 0.426. The molecule has 0 aromatic carbocycles. The Labute approximate surface area is 65.8 Å². The number of hydrogen-bond acceptors (Lipinski definition) is 4. The number of hydrogen-bond donors (Lipinski definition) is 1. The molecule has 0 fully saturated rings. The number of rotatable bonds is 3. The highest BCUT2D eigenvalue weighted by atomic mass is 16.4. The summed E-state index contributed by atoms with van der Waals surface area (Å²) < 4.78 is 5.20. The third-order valence-electron chi connectivity index (χ3n) is 1.27. The third kappa shape index (κ3) is 2.31. The summed E-state index contributed by atoms with van der Waals surface area (Å²) in [5, 5.41) is 7.58. The minimum absolute atomic E-state index is 0.324. The molecule has 0 bridgehead atoms.